The molecule has 3 atom stereocenters. The second-order valence-corrected chi connectivity index (χ2v) is 11.4. The Bertz CT molecular complexity index is 1790. The number of nitrogens with zero attached hydrogens (tertiary/aromatic N) is 2. The number of carbonyl (C=O) groups excluding carboxylic acids is 3. The van der Waals surface area contributed by atoms with Crippen LogP contribution in [0.1, 0.15) is 48.1 Å². The molecule has 0 N–H and O–H groups in total. The third-order valence-electron chi connectivity index (χ3n) is 8.55. The van der Waals surface area contributed by atoms with E-state index in [1.54, 1.807) is 30.3 Å². The zero-order valence-corrected chi connectivity index (χ0v) is 23.0. The second-order valence-electron chi connectivity index (χ2n) is 10.5. The maximum absolute atomic E-state index is 14.6. The van der Waals surface area contributed by atoms with Crippen molar-refractivity contribution in [2.45, 2.75) is 18.0 Å². The first-order chi connectivity index (χ1) is 19.8. The van der Waals surface area contributed by atoms with Crippen LogP contribution in [-0.4, -0.2) is 34.4 Å². The van der Waals surface area contributed by atoms with Crippen molar-refractivity contribution in [1.82, 2.24) is 0 Å². The third kappa shape index (κ3) is 3.47. The van der Waals surface area contributed by atoms with Crippen LogP contribution in [0, 0.1) is 15.5 Å². The monoisotopic (exact) mass is 604 g/mol. The number of rotatable bonds is 4. The van der Waals surface area contributed by atoms with Crippen LogP contribution in [0.25, 0.3) is 6.08 Å². The summed E-state index contributed by atoms with van der Waals surface area (Å²) in [4.78, 5) is 56.8. The lowest BCUT2D eigenvalue weighted by atomic mass is 9.64. The molecule has 8 heteroatoms. The van der Waals surface area contributed by atoms with Crippen LogP contribution in [0.4, 0.5) is 11.4 Å². The Morgan fingerprint density at radius 3 is 2.20 bits per heavy atom. The van der Waals surface area contributed by atoms with Gasteiger partial charge in [0.2, 0.25) is 0 Å². The minimum absolute atomic E-state index is 0.143. The Morgan fingerprint density at radius 2 is 1.51 bits per heavy atom. The van der Waals surface area contributed by atoms with E-state index >= 15 is 0 Å². The topological polar surface area (TPSA) is 97.6 Å². The Kier molecular flexibility index (Phi) is 5.66. The molecular weight excluding hydrogens is 584 g/mol. The summed E-state index contributed by atoms with van der Waals surface area (Å²) in [5.41, 5.74) is 1.23. The van der Waals surface area contributed by atoms with Crippen molar-refractivity contribution in [2.75, 3.05) is 4.90 Å². The molecule has 3 aliphatic rings. The summed E-state index contributed by atoms with van der Waals surface area (Å²) in [5.74, 6) is -1.92. The first-order valence-corrected chi connectivity index (χ1v) is 13.9. The summed E-state index contributed by atoms with van der Waals surface area (Å²) < 4.78 is 0.810. The average molecular weight is 605 g/mol. The molecule has 2 heterocycles. The number of carbonyl (C=O) groups is 3. The van der Waals surface area contributed by atoms with Gasteiger partial charge in [0.1, 0.15) is 11.5 Å². The number of anilines is 1. The fourth-order valence-corrected chi connectivity index (χ4v) is 7.17. The van der Waals surface area contributed by atoms with Crippen molar-refractivity contribution in [1.29, 1.82) is 0 Å². The summed E-state index contributed by atoms with van der Waals surface area (Å²) in [7, 11) is 0. The predicted molar refractivity (Wildman–Crippen MR) is 157 cm³/mol. The number of nitro benzene ring substituents is 1. The van der Waals surface area contributed by atoms with E-state index in [9.17, 15) is 24.5 Å². The molecule has 4 aromatic carbocycles. The molecule has 1 aliphatic carbocycles. The van der Waals surface area contributed by atoms with Crippen molar-refractivity contribution in [2.24, 2.45) is 5.41 Å². The van der Waals surface area contributed by atoms with Gasteiger partial charge in [0, 0.05) is 44.9 Å². The van der Waals surface area contributed by atoms with E-state index < -0.39 is 34.1 Å². The van der Waals surface area contributed by atoms with E-state index in [0.29, 0.717) is 16.7 Å². The normalized spacial score (nSPS) is 21.5. The average Bonchev–Trinajstić information content (AvgIpc) is 3.43. The summed E-state index contributed by atoms with van der Waals surface area (Å²) in [6.07, 6.45) is 3.76. The largest absolute Gasteiger partial charge is 0.352 e. The Balaban J connectivity index is 1.54. The van der Waals surface area contributed by atoms with Crippen LogP contribution in [0.5, 0.6) is 0 Å². The molecule has 0 radical (unpaired) electrons. The Labute approximate surface area is 243 Å². The molecule has 0 saturated carbocycles. The number of Topliss-reactive ketones (excluding diaryl/α,β-unsaturated/α-hetero) is 3. The summed E-state index contributed by atoms with van der Waals surface area (Å²) in [6, 6.07) is 25.6. The number of non-ortho nitro benzene ring substituents is 1. The van der Waals surface area contributed by atoms with Crippen LogP contribution < -0.4 is 4.90 Å². The van der Waals surface area contributed by atoms with Gasteiger partial charge in [-0.3, -0.25) is 24.5 Å². The van der Waals surface area contributed by atoms with Crippen molar-refractivity contribution in [3.63, 3.8) is 0 Å². The van der Waals surface area contributed by atoms with Gasteiger partial charge in [-0.05, 0) is 29.3 Å². The molecule has 41 heavy (non-hydrogen) atoms. The van der Waals surface area contributed by atoms with Crippen LogP contribution >= 0.6 is 15.9 Å². The van der Waals surface area contributed by atoms with Crippen molar-refractivity contribution < 1.29 is 19.3 Å². The van der Waals surface area contributed by atoms with Gasteiger partial charge in [0.25, 0.3) is 5.69 Å². The smallest absolute Gasteiger partial charge is 0.270 e. The van der Waals surface area contributed by atoms with Gasteiger partial charge in [0.15, 0.2) is 17.3 Å². The number of ketones is 3. The minimum atomic E-state index is -1.62. The molecule has 4 aromatic rings. The fourth-order valence-electron chi connectivity index (χ4n) is 6.90. The van der Waals surface area contributed by atoms with Crippen LogP contribution in [0.2, 0.25) is 0 Å². The van der Waals surface area contributed by atoms with Crippen LogP contribution in [0.15, 0.2) is 108 Å². The van der Waals surface area contributed by atoms with E-state index in [1.807, 2.05) is 65.6 Å². The lowest BCUT2D eigenvalue weighted by molar-refractivity contribution is -0.384. The van der Waals surface area contributed by atoms with Gasteiger partial charge in [-0.1, -0.05) is 94.8 Å². The molecule has 7 nitrogen and oxygen atoms in total. The number of fused-ring (bicyclic) bond motifs is 5. The molecule has 0 aromatic heterocycles. The van der Waals surface area contributed by atoms with Crippen molar-refractivity contribution >= 4 is 50.7 Å². The lowest BCUT2D eigenvalue weighted by Crippen LogP contribution is -2.48. The molecule has 1 spiro atoms. The number of hydrogen-bond donors (Lipinski definition) is 0. The van der Waals surface area contributed by atoms with Gasteiger partial charge in [0.05, 0.1) is 11.0 Å². The number of para-hydroxylation sites is 1. The maximum atomic E-state index is 14.6. The SMILES string of the molecule is O=C(c1cccc([N+](=O)[O-])c1)[C@@H]1[C@@H](c2ccc(Br)cc2)C2(C(=O)c3ccccc3C2=O)[C@@H]2C=Cc3ccccc3N12. The fraction of sp³-hybridized carbons (Fsp3) is 0.121. The van der Waals surface area contributed by atoms with E-state index in [4.69, 9.17) is 0 Å². The molecule has 2 aliphatic heterocycles. The van der Waals surface area contributed by atoms with Crippen LogP contribution in [-0.2, 0) is 0 Å². The molecule has 0 unspecified atom stereocenters. The standard InChI is InChI=1S/C33H21BrN2O5/c34-22-15-12-20(13-16-22)28-29(30(37)21-7-5-8-23(18-21)36(40)41)35-26-11-4-1-6-19(26)14-17-27(35)33(28)31(38)24-9-2-3-10-25(24)32(33)39/h1-18,27-29H/t27-,28+,29-/m0/s1. The van der Waals surface area contributed by atoms with Gasteiger partial charge in [-0.15, -0.1) is 0 Å². The quantitative estimate of drug-likeness (QED) is 0.112. The van der Waals surface area contributed by atoms with Gasteiger partial charge < -0.3 is 4.90 Å². The van der Waals surface area contributed by atoms with E-state index in [2.05, 4.69) is 15.9 Å². The first-order valence-electron chi connectivity index (χ1n) is 13.1. The van der Waals surface area contributed by atoms with Gasteiger partial charge in [-0.25, -0.2) is 0 Å². The molecule has 0 bridgehead atoms. The molecule has 1 saturated heterocycles. The van der Waals surface area contributed by atoms with Crippen molar-refractivity contribution in [3.05, 3.63) is 146 Å². The molecule has 1 fully saturated rings. The highest BCUT2D eigenvalue weighted by Crippen LogP contribution is 2.61. The number of benzene rings is 4. The number of nitro groups is 1. The summed E-state index contributed by atoms with van der Waals surface area (Å²) >= 11 is 3.47. The Morgan fingerprint density at radius 1 is 0.854 bits per heavy atom. The summed E-state index contributed by atoms with van der Waals surface area (Å²) in [5, 5.41) is 11.6. The van der Waals surface area contributed by atoms with E-state index in [1.165, 1.54) is 18.2 Å². The first kappa shape index (κ1) is 25.3. The minimum Gasteiger partial charge on any atom is -0.352 e. The van der Waals surface area contributed by atoms with Gasteiger partial charge >= 0.3 is 0 Å². The summed E-state index contributed by atoms with van der Waals surface area (Å²) in [6.45, 7) is 0. The second kappa shape index (κ2) is 9.17. The van der Waals surface area contributed by atoms with E-state index in [0.717, 1.165) is 15.7 Å². The zero-order valence-electron chi connectivity index (χ0n) is 21.4. The van der Waals surface area contributed by atoms with Gasteiger partial charge in [-0.2, -0.15) is 0 Å². The van der Waals surface area contributed by atoms with Crippen LogP contribution in [0.3, 0.4) is 0 Å². The molecule has 0 amide bonds. The maximum Gasteiger partial charge on any atom is 0.270 e. The highest BCUT2D eigenvalue weighted by Gasteiger charge is 2.71. The zero-order chi connectivity index (χ0) is 28.5. The number of hydrogen-bond acceptors (Lipinski definition) is 6. The Hall–Kier alpha value is -4.69. The third-order valence-corrected chi connectivity index (χ3v) is 9.08. The predicted octanol–water partition coefficient (Wildman–Crippen LogP) is 6.67. The van der Waals surface area contributed by atoms with E-state index in [-0.39, 0.29) is 22.8 Å². The molecule has 200 valence electrons. The highest BCUT2D eigenvalue weighted by atomic mass is 79.9. The van der Waals surface area contributed by atoms with Crippen molar-refractivity contribution in [3.8, 4) is 0 Å². The number of halogens is 1. The molecular formula is C33H21BrN2O5. The lowest BCUT2D eigenvalue weighted by Gasteiger charge is -2.37. The molecule has 7 rings (SSSR count). The highest BCUT2D eigenvalue weighted by molar-refractivity contribution is 9.10.